The first-order valence-electron chi connectivity index (χ1n) is 23.5. The van der Waals surface area contributed by atoms with E-state index in [1.807, 2.05) is 13.8 Å². The molecule has 72 heavy (non-hydrogen) atoms. The van der Waals surface area contributed by atoms with Crippen LogP contribution in [0.25, 0.3) is 0 Å². The highest BCUT2D eigenvalue weighted by Crippen LogP contribution is 2.25. The minimum atomic E-state index is -1.65. The number of aliphatic imine (C=N–C) groups is 2. The summed E-state index contributed by atoms with van der Waals surface area (Å²) in [6.07, 6.45) is -0.824. The molecule has 19 N–H and O–H groups in total. The SMILES string of the molecule is CC(=O)N[C@@H]1CSSCC(C(=O)N[C@@H](CCCN=C(N)N)C(=O)N[C@@H](Cc2ccc(O)cc2)C(N)=O)NC(=O)[C@H](CCCN=C(N)N)NC(=O)[C@H]([C@@H](C)O)NC(=O)[C@@H]2CCCN2C(=O)[C@H](CC(C)C)NC1=O. The van der Waals surface area contributed by atoms with Crippen LogP contribution in [0.3, 0.4) is 0 Å². The van der Waals surface area contributed by atoms with E-state index in [2.05, 4.69) is 47.2 Å². The maximum atomic E-state index is 14.4. The number of rotatable bonds is 19. The van der Waals surface area contributed by atoms with Gasteiger partial charge < -0.3 is 81.0 Å². The number of nitrogens with zero attached hydrogens (tertiary/aromatic N) is 3. The summed E-state index contributed by atoms with van der Waals surface area (Å²) in [5.41, 5.74) is 28.2. The Bertz CT molecular complexity index is 2120. The van der Waals surface area contributed by atoms with Crippen LogP contribution in [-0.4, -0.2) is 166 Å². The zero-order chi connectivity index (χ0) is 53.7. The molecule has 0 aromatic heterocycles. The van der Waals surface area contributed by atoms with Crippen molar-refractivity contribution in [2.75, 3.05) is 31.1 Å². The van der Waals surface area contributed by atoms with Gasteiger partial charge in [0.2, 0.25) is 53.2 Å². The fourth-order valence-electron chi connectivity index (χ4n) is 7.68. The molecule has 2 saturated heterocycles. The molecule has 2 aliphatic rings. The van der Waals surface area contributed by atoms with Crippen LogP contribution in [0.5, 0.6) is 5.75 Å². The Balaban J connectivity index is 2.09. The largest absolute Gasteiger partial charge is 0.508 e. The minimum Gasteiger partial charge on any atom is -0.508 e. The van der Waals surface area contributed by atoms with Crippen molar-refractivity contribution in [3.8, 4) is 5.75 Å². The number of primary amides is 1. The number of guanidine groups is 2. The predicted molar refractivity (Wildman–Crippen MR) is 271 cm³/mol. The summed E-state index contributed by atoms with van der Waals surface area (Å²) in [6.45, 7) is 6.32. The van der Waals surface area contributed by atoms with Crippen LogP contribution in [0, 0.1) is 5.92 Å². The van der Waals surface area contributed by atoms with E-state index < -0.39 is 108 Å². The molecule has 2 fully saturated rings. The van der Waals surface area contributed by atoms with Gasteiger partial charge in [-0.15, -0.1) is 0 Å². The van der Waals surface area contributed by atoms with Crippen molar-refractivity contribution >= 4 is 86.7 Å². The number of amides is 9. The van der Waals surface area contributed by atoms with Gasteiger partial charge in [0.25, 0.3) is 0 Å². The lowest BCUT2D eigenvalue weighted by Crippen LogP contribution is -2.62. The number of benzene rings is 1. The minimum absolute atomic E-state index is 0.0109. The zero-order valence-corrected chi connectivity index (χ0v) is 42.5. The van der Waals surface area contributed by atoms with Crippen LogP contribution < -0.4 is 65.9 Å². The van der Waals surface area contributed by atoms with Gasteiger partial charge in [-0.25, -0.2) is 0 Å². The Morgan fingerprint density at radius 3 is 2.01 bits per heavy atom. The predicted octanol–water partition coefficient (Wildman–Crippen LogP) is -4.25. The number of phenolic OH excluding ortho intramolecular Hbond substituents is 1. The first-order chi connectivity index (χ1) is 34.0. The third-order valence-electron chi connectivity index (χ3n) is 11.3. The second-order valence-electron chi connectivity index (χ2n) is 17.8. The molecular weight excluding hydrogens is 979 g/mol. The lowest BCUT2D eigenvalue weighted by atomic mass is 10.0. The number of aromatic hydroxyl groups is 1. The summed E-state index contributed by atoms with van der Waals surface area (Å²) in [6, 6.07) is -4.87. The Morgan fingerprint density at radius 2 is 1.42 bits per heavy atom. The van der Waals surface area contributed by atoms with E-state index in [1.165, 1.54) is 43.0 Å². The topological polar surface area (TPSA) is 436 Å². The van der Waals surface area contributed by atoms with Gasteiger partial charge in [-0.3, -0.25) is 53.1 Å². The van der Waals surface area contributed by atoms with Crippen molar-refractivity contribution in [2.45, 2.75) is 134 Å². The van der Waals surface area contributed by atoms with Crippen molar-refractivity contribution in [1.82, 2.24) is 42.1 Å². The molecule has 0 radical (unpaired) electrons. The molecule has 26 nitrogen and oxygen atoms in total. The van der Waals surface area contributed by atoms with Gasteiger partial charge in [0.1, 0.15) is 54.1 Å². The van der Waals surface area contributed by atoms with Gasteiger partial charge in [-0.2, -0.15) is 0 Å². The first kappa shape index (κ1) is 59.8. The van der Waals surface area contributed by atoms with Crippen LogP contribution in [0.4, 0.5) is 0 Å². The third-order valence-corrected chi connectivity index (χ3v) is 13.7. The molecule has 0 saturated carbocycles. The highest BCUT2D eigenvalue weighted by atomic mass is 33.1. The Labute approximate surface area is 425 Å². The van der Waals surface area contributed by atoms with Gasteiger partial charge in [0, 0.05) is 44.5 Å². The molecule has 0 spiro atoms. The van der Waals surface area contributed by atoms with Crippen LogP contribution in [0.2, 0.25) is 0 Å². The molecule has 2 heterocycles. The average Bonchev–Trinajstić information content (AvgIpc) is 3.80. The van der Waals surface area contributed by atoms with Crippen molar-refractivity contribution in [3.63, 3.8) is 0 Å². The summed E-state index contributed by atoms with van der Waals surface area (Å²) in [5.74, 6) is -8.16. The number of phenols is 1. The maximum absolute atomic E-state index is 14.4. The smallest absolute Gasteiger partial charge is 0.245 e. The number of carbonyl (C=O) groups excluding carboxylic acids is 9. The molecule has 0 bridgehead atoms. The van der Waals surface area contributed by atoms with Crippen molar-refractivity contribution < 1.29 is 53.4 Å². The summed E-state index contributed by atoms with van der Waals surface area (Å²) in [7, 11) is 2.04. The number of aliphatic hydroxyl groups excluding tert-OH is 1. The number of hydrogen-bond acceptors (Lipinski definition) is 15. The summed E-state index contributed by atoms with van der Waals surface area (Å²) < 4.78 is 0. The molecule has 0 aliphatic carbocycles. The van der Waals surface area contributed by atoms with E-state index in [9.17, 15) is 53.4 Å². The Hall–Kier alpha value is -6.55. The molecule has 28 heteroatoms. The number of fused-ring (bicyclic) bond motifs is 1. The van der Waals surface area contributed by atoms with Gasteiger partial charge in [-0.1, -0.05) is 47.6 Å². The molecule has 1 aromatic rings. The average molecular weight is 1050 g/mol. The van der Waals surface area contributed by atoms with E-state index in [-0.39, 0.29) is 99.7 Å². The van der Waals surface area contributed by atoms with E-state index in [0.717, 1.165) is 21.6 Å². The number of hydrogen-bond donors (Lipinski definition) is 14. The van der Waals surface area contributed by atoms with Crippen LogP contribution in [0.15, 0.2) is 34.3 Å². The Kier molecular flexibility index (Phi) is 24.7. The summed E-state index contributed by atoms with van der Waals surface area (Å²) >= 11 is 0. The Morgan fingerprint density at radius 1 is 0.792 bits per heavy atom. The number of carbonyl (C=O) groups is 9. The quantitative estimate of drug-likeness (QED) is 0.0270. The summed E-state index contributed by atoms with van der Waals surface area (Å²) in [5, 5.41) is 38.9. The fraction of sp³-hybridized carbons (Fsp3) is 0.614. The molecule has 1 aromatic carbocycles. The zero-order valence-electron chi connectivity index (χ0n) is 40.9. The van der Waals surface area contributed by atoms with E-state index >= 15 is 0 Å². The molecular formula is C44H71N15O11S2. The lowest BCUT2D eigenvalue weighted by Gasteiger charge is -2.32. The molecule has 400 valence electrons. The molecule has 1 unspecified atom stereocenters. The summed E-state index contributed by atoms with van der Waals surface area (Å²) in [4.78, 5) is 133. The monoisotopic (exact) mass is 1050 g/mol. The van der Waals surface area contributed by atoms with Gasteiger partial charge in [0.15, 0.2) is 11.9 Å². The van der Waals surface area contributed by atoms with E-state index in [4.69, 9.17) is 28.7 Å². The third kappa shape index (κ3) is 20.3. The molecule has 2 aliphatic heterocycles. The van der Waals surface area contributed by atoms with Crippen molar-refractivity contribution in [2.24, 2.45) is 44.6 Å². The van der Waals surface area contributed by atoms with Crippen molar-refractivity contribution in [3.05, 3.63) is 29.8 Å². The lowest BCUT2D eigenvalue weighted by molar-refractivity contribution is -0.143. The van der Waals surface area contributed by atoms with Gasteiger partial charge >= 0.3 is 0 Å². The fourth-order valence-corrected chi connectivity index (χ4v) is 10.0. The molecule has 3 rings (SSSR count). The van der Waals surface area contributed by atoms with E-state index in [1.54, 1.807) is 0 Å². The van der Waals surface area contributed by atoms with Crippen molar-refractivity contribution in [1.29, 1.82) is 0 Å². The van der Waals surface area contributed by atoms with Crippen LogP contribution in [0.1, 0.15) is 78.2 Å². The van der Waals surface area contributed by atoms with Crippen LogP contribution >= 0.6 is 21.6 Å². The highest BCUT2D eigenvalue weighted by molar-refractivity contribution is 8.76. The normalized spacial score (nSPS) is 22.8. The number of nitrogens with one attached hydrogen (secondary N) is 7. The van der Waals surface area contributed by atoms with Crippen LogP contribution in [-0.2, 0) is 49.6 Å². The second-order valence-corrected chi connectivity index (χ2v) is 20.4. The maximum Gasteiger partial charge on any atom is 0.245 e. The molecule has 9 amide bonds. The van der Waals surface area contributed by atoms with E-state index in [0.29, 0.717) is 12.0 Å². The highest BCUT2D eigenvalue weighted by Gasteiger charge is 2.41. The second kappa shape index (κ2) is 29.7. The van der Waals surface area contributed by atoms with Gasteiger partial charge in [-0.05, 0) is 75.5 Å². The number of nitrogens with two attached hydrogens (primary N) is 5. The van der Waals surface area contributed by atoms with Gasteiger partial charge in [0.05, 0.1) is 6.10 Å². The number of aliphatic hydroxyl groups is 1. The first-order valence-corrected chi connectivity index (χ1v) is 26.0. The molecule has 9 atom stereocenters. The standard InChI is InChI=1S/C44H71N15O11S2/c1-22(2)18-30-42(70)59-17-7-10-33(59)40(68)58-34(23(3)60)41(69)54-28(9-6-16-51-44(48)49)37(65)57-32(21-72-71-20-31(38(66)56-30)52-24(4)61)39(67)53-27(8-5-15-50-43(46)47)36(64)55-29(35(45)63)19-25-11-13-26(62)14-12-25/h11-14,22-23,27-34,60,62H,5-10,15-21H2,1-4H3,(H2,45,63)(H,52,61)(H,53,67)(H,54,69)(H,55,64)(H,56,66)(H,57,65)(H,58,68)(H4,46,47,50)(H4,48,49,51)/t23-,27+,28+,29+,30+,31-,32?,33+,34+/m1/s1.